The van der Waals surface area contributed by atoms with E-state index in [0.29, 0.717) is 35.3 Å². The number of allylic oxidation sites excluding steroid dienone is 1. The van der Waals surface area contributed by atoms with Crippen LogP contribution in [0.15, 0.2) is 42.5 Å². The summed E-state index contributed by atoms with van der Waals surface area (Å²) in [6.07, 6.45) is -2.71. The largest absolute Gasteiger partial charge is 0.409 e. The van der Waals surface area contributed by atoms with E-state index in [1.165, 1.54) is 41.3 Å². The molecular formula is C22H19F3N2O3. The molecule has 30 heavy (non-hydrogen) atoms. The molecule has 0 unspecified atom stereocenters. The third-order valence-electron chi connectivity index (χ3n) is 4.64. The predicted octanol–water partition coefficient (Wildman–Crippen LogP) is 4.83. The summed E-state index contributed by atoms with van der Waals surface area (Å²) in [5.41, 5.74) is 1.98. The molecule has 0 fully saturated rings. The Balaban J connectivity index is 1.79. The van der Waals surface area contributed by atoms with Gasteiger partial charge in [0.2, 0.25) is 0 Å². The Morgan fingerprint density at radius 3 is 2.40 bits per heavy atom. The number of halogens is 3. The van der Waals surface area contributed by atoms with E-state index >= 15 is 0 Å². The van der Waals surface area contributed by atoms with E-state index < -0.39 is 18.0 Å². The first-order chi connectivity index (χ1) is 14.1. The van der Waals surface area contributed by atoms with Crippen molar-refractivity contribution < 1.29 is 27.6 Å². The normalized spacial score (nSPS) is 13.8. The van der Waals surface area contributed by atoms with Crippen molar-refractivity contribution in [3.8, 4) is 0 Å². The summed E-state index contributed by atoms with van der Waals surface area (Å²) in [6, 6.07) is 8.82. The third-order valence-corrected chi connectivity index (χ3v) is 4.64. The number of hydrogen-bond donors (Lipinski definition) is 1. The summed E-state index contributed by atoms with van der Waals surface area (Å²) in [7, 11) is 0. The van der Waals surface area contributed by atoms with E-state index in [1.54, 1.807) is 6.92 Å². The predicted molar refractivity (Wildman–Crippen MR) is 106 cm³/mol. The van der Waals surface area contributed by atoms with Crippen LogP contribution in [0.2, 0.25) is 0 Å². The second-order valence-electron chi connectivity index (χ2n) is 6.93. The molecule has 2 aromatic rings. The molecule has 0 atom stereocenters. The van der Waals surface area contributed by atoms with Gasteiger partial charge in [0, 0.05) is 23.9 Å². The van der Waals surface area contributed by atoms with Gasteiger partial charge in [-0.15, -0.1) is 0 Å². The molecule has 1 aliphatic heterocycles. The molecule has 156 valence electrons. The fourth-order valence-electron chi connectivity index (χ4n) is 3.23. The van der Waals surface area contributed by atoms with Gasteiger partial charge in [-0.1, -0.05) is 25.1 Å². The zero-order valence-corrected chi connectivity index (χ0v) is 16.3. The average Bonchev–Trinajstić information content (AvgIpc) is 2.90. The van der Waals surface area contributed by atoms with Crippen LogP contribution in [-0.4, -0.2) is 35.3 Å². The highest BCUT2D eigenvalue weighted by molar-refractivity contribution is 6.22. The number of carbonyl (C=O) groups is 3. The summed E-state index contributed by atoms with van der Waals surface area (Å²) in [5.74, 6) is -1.22. The number of benzene rings is 2. The fourth-order valence-corrected chi connectivity index (χ4v) is 3.23. The topological polar surface area (TPSA) is 66.5 Å². The lowest BCUT2D eigenvalue weighted by Crippen LogP contribution is -2.30. The highest BCUT2D eigenvalue weighted by Crippen LogP contribution is 2.26. The quantitative estimate of drug-likeness (QED) is 0.710. The maximum Gasteiger partial charge on any atom is 0.409 e. The summed E-state index contributed by atoms with van der Waals surface area (Å²) in [4.78, 5) is 38.5. The Kier molecular flexibility index (Phi) is 5.78. The van der Waals surface area contributed by atoms with Crippen molar-refractivity contribution in [1.29, 1.82) is 0 Å². The highest BCUT2D eigenvalue weighted by atomic mass is 19.4. The molecule has 0 aliphatic carbocycles. The van der Waals surface area contributed by atoms with Crippen molar-refractivity contribution in [2.24, 2.45) is 0 Å². The van der Waals surface area contributed by atoms with Gasteiger partial charge in [-0.05, 0) is 48.7 Å². The maximum atomic E-state index is 12.6. The lowest BCUT2D eigenvalue weighted by molar-refractivity contribution is -0.0790. The molecule has 0 radical (unpaired) electrons. The van der Waals surface area contributed by atoms with Gasteiger partial charge in [-0.25, -0.2) is 0 Å². The van der Waals surface area contributed by atoms with Gasteiger partial charge >= 0.3 is 6.18 Å². The van der Waals surface area contributed by atoms with Crippen LogP contribution in [0, 0.1) is 6.92 Å². The molecule has 0 aromatic heterocycles. The van der Waals surface area contributed by atoms with Gasteiger partial charge in [0.05, 0.1) is 11.1 Å². The summed E-state index contributed by atoms with van der Waals surface area (Å²) >= 11 is 0. The van der Waals surface area contributed by atoms with Crippen LogP contribution in [0.3, 0.4) is 0 Å². The van der Waals surface area contributed by atoms with Gasteiger partial charge < -0.3 is 5.32 Å². The number of carbonyl (C=O) groups excluding carboxylic acids is 3. The first-order valence-electron chi connectivity index (χ1n) is 9.29. The van der Waals surface area contributed by atoms with Crippen molar-refractivity contribution in [2.45, 2.75) is 26.4 Å². The van der Waals surface area contributed by atoms with E-state index in [9.17, 15) is 27.6 Å². The standard InChI is InChI=1S/C22H19F3N2O3/c1-3-10-27-20(29)17-7-5-15(12-18(17)21(27)30)26-19(28)16-6-4-14(11-13(16)2)8-9-22(23,24)25/h4-9,11-12H,3,10H2,1-2H3,(H,26,28)/b9-8+. The van der Waals surface area contributed by atoms with E-state index in [4.69, 9.17) is 0 Å². The lowest BCUT2D eigenvalue weighted by atomic mass is 10.0. The van der Waals surface area contributed by atoms with Crippen molar-refractivity contribution in [1.82, 2.24) is 4.90 Å². The second kappa shape index (κ2) is 8.14. The van der Waals surface area contributed by atoms with Crippen LogP contribution in [0.4, 0.5) is 18.9 Å². The van der Waals surface area contributed by atoms with Gasteiger partial charge in [0.1, 0.15) is 0 Å². The van der Waals surface area contributed by atoms with Crippen molar-refractivity contribution in [3.63, 3.8) is 0 Å². The molecule has 0 saturated carbocycles. The number of nitrogens with zero attached hydrogens (tertiary/aromatic N) is 1. The van der Waals surface area contributed by atoms with Gasteiger partial charge in [-0.3, -0.25) is 19.3 Å². The number of rotatable bonds is 5. The lowest BCUT2D eigenvalue weighted by Gasteiger charge is -2.11. The Bertz CT molecular complexity index is 1060. The maximum absolute atomic E-state index is 12.6. The summed E-state index contributed by atoms with van der Waals surface area (Å²) in [6.45, 7) is 3.80. The highest BCUT2D eigenvalue weighted by Gasteiger charge is 2.35. The van der Waals surface area contributed by atoms with Crippen LogP contribution in [0.5, 0.6) is 0 Å². The smallest absolute Gasteiger partial charge is 0.322 e. The molecule has 3 amide bonds. The number of fused-ring (bicyclic) bond motifs is 1. The number of aryl methyl sites for hydroxylation is 1. The molecule has 0 saturated heterocycles. The van der Waals surface area contributed by atoms with Crippen LogP contribution in [-0.2, 0) is 0 Å². The molecule has 2 aromatic carbocycles. The van der Waals surface area contributed by atoms with Crippen LogP contribution in [0.1, 0.15) is 55.5 Å². The zero-order chi connectivity index (χ0) is 22.1. The minimum atomic E-state index is -4.41. The Morgan fingerprint density at radius 2 is 1.77 bits per heavy atom. The first-order valence-corrected chi connectivity index (χ1v) is 9.29. The fraction of sp³-hybridized carbons (Fsp3) is 0.227. The van der Waals surface area contributed by atoms with Crippen LogP contribution in [0.25, 0.3) is 6.08 Å². The van der Waals surface area contributed by atoms with Crippen molar-refractivity contribution in [3.05, 3.63) is 70.3 Å². The number of anilines is 1. The summed E-state index contributed by atoms with van der Waals surface area (Å²) in [5, 5.41) is 2.67. The molecule has 1 heterocycles. The van der Waals surface area contributed by atoms with E-state index in [0.717, 1.165) is 6.08 Å². The van der Waals surface area contributed by atoms with Gasteiger partial charge in [-0.2, -0.15) is 13.2 Å². The third kappa shape index (κ3) is 4.42. The number of alkyl halides is 3. The van der Waals surface area contributed by atoms with Crippen molar-refractivity contribution in [2.75, 3.05) is 11.9 Å². The first kappa shape index (κ1) is 21.3. The Labute approximate surface area is 171 Å². The molecule has 3 rings (SSSR count). The van der Waals surface area contributed by atoms with Crippen molar-refractivity contribution >= 4 is 29.5 Å². The molecule has 1 aliphatic rings. The minimum Gasteiger partial charge on any atom is -0.322 e. The number of nitrogens with one attached hydrogen (secondary N) is 1. The van der Waals surface area contributed by atoms with Crippen LogP contribution < -0.4 is 5.32 Å². The molecule has 5 nitrogen and oxygen atoms in total. The SMILES string of the molecule is CCCN1C(=O)c2ccc(NC(=O)c3ccc(/C=C/C(F)(F)F)cc3C)cc2C1=O. The minimum absolute atomic E-state index is 0.131. The zero-order valence-electron chi connectivity index (χ0n) is 16.3. The monoisotopic (exact) mass is 416 g/mol. The number of imide groups is 1. The summed E-state index contributed by atoms with van der Waals surface area (Å²) < 4.78 is 36.9. The van der Waals surface area contributed by atoms with E-state index in [2.05, 4.69) is 5.32 Å². The van der Waals surface area contributed by atoms with Gasteiger partial charge in [0.25, 0.3) is 17.7 Å². The second-order valence-corrected chi connectivity index (χ2v) is 6.93. The Hall–Kier alpha value is -3.42. The van der Waals surface area contributed by atoms with Crippen LogP contribution >= 0.6 is 0 Å². The number of amides is 3. The van der Waals surface area contributed by atoms with Gasteiger partial charge in [0.15, 0.2) is 0 Å². The average molecular weight is 416 g/mol. The molecule has 1 N–H and O–H groups in total. The Morgan fingerprint density at radius 1 is 1.07 bits per heavy atom. The molecule has 0 bridgehead atoms. The molecular weight excluding hydrogens is 397 g/mol. The van der Waals surface area contributed by atoms with E-state index in [-0.39, 0.29) is 23.1 Å². The number of hydrogen-bond acceptors (Lipinski definition) is 3. The molecule has 0 spiro atoms. The molecule has 8 heteroatoms. The van der Waals surface area contributed by atoms with E-state index in [1.807, 2.05) is 6.92 Å².